The summed E-state index contributed by atoms with van der Waals surface area (Å²) in [6, 6.07) is 0. The molecule has 0 aromatic carbocycles. The molecule has 22 heavy (non-hydrogen) atoms. The van der Waals surface area contributed by atoms with Crippen molar-refractivity contribution in [3.63, 3.8) is 0 Å². The first-order valence-electron chi connectivity index (χ1n) is 8.58. The fourth-order valence-corrected chi connectivity index (χ4v) is 5.18. The van der Waals surface area contributed by atoms with Crippen LogP contribution in [-0.4, -0.2) is 40.4 Å². The number of fused-ring (bicyclic) bond motifs is 1. The fraction of sp³-hybridized carbons (Fsp3) is 0.824. The van der Waals surface area contributed by atoms with E-state index in [0.717, 1.165) is 38.8 Å². The van der Waals surface area contributed by atoms with Crippen LogP contribution in [0.3, 0.4) is 0 Å². The third-order valence-electron chi connectivity index (χ3n) is 5.92. The van der Waals surface area contributed by atoms with Gasteiger partial charge in [0.2, 0.25) is 0 Å². The number of carbonyl (C=O) groups excluding carboxylic acids is 1. The van der Waals surface area contributed by atoms with Gasteiger partial charge in [-0.15, -0.1) is 0 Å². The van der Waals surface area contributed by atoms with E-state index in [1.54, 1.807) is 13.8 Å². The van der Waals surface area contributed by atoms with Crippen molar-refractivity contribution in [3.05, 3.63) is 11.5 Å². The summed E-state index contributed by atoms with van der Waals surface area (Å²) in [7, 11) is 0. The van der Waals surface area contributed by atoms with Crippen LogP contribution < -0.4 is 0 Å². The van der Waals surface area contributed by atoms with E-state index in [2.05, 4.69) is 4.90 Å². The van der Waals surface area contributed by atoms with Crippen molar-refractivity contribution in [1.29, 1.82) is 0 Å². The molecule has 0 amide bonds. The van der Waals surface area contributed by atoms with Gasteiger partial charge in [0, 0.05) is 13.8 Å². The summed E-state index contributed by atoms with van der Waals surface area (Å²) in [6.07, 6.45) is 7.02. The Balaban J connectivity index is 1.77. The van der Waals surface area contributed by atoms with E-state index in [-0.39, 0.29) is 11.5 Å². The molecule has 0 radical (unpaired) electrons. The number of ether oxygens (including phenoxy) is 2. The molecule has 5 heteroatoms. The predicted molar refractivity (Wildman–Crippen MR) is 79.9 cm³/mol. The molecular formula is C17H25NO4. The molecule has 1 unspecified atom stereocenters. The highest BCUT2D eigenvalue weighted by Crippen LogP contribution is 2.66. The first kappa shape index (κ1) is 14.4. The molecule has 4 rings (SSSR count). The third kappa shape index (κ3) is 1.84. The van der Waals surface area contributed by atoms with Gasteiger partial charge in [0.15, 0.2) is 0 Å². The summed E-state index contributed by atoms with van der Waals surface area (Å²) in [4.78, 5) is 15.1. The maximum Gasteiger partial charge on any atom is 0.346 e. The Morgan fingerprint density at radius 3 is 2.18 bits per heavy atom. The van der Waals surface area contributed by atoms with Gasteiger partial charge in [-0.05, 0) is 50.6 Å². The van der Waals surface area contributed by atoms with Gasteiger partial charge in [0.1, 0.15) is 5.57 Å². The average Bonchev–Trinajstić information content (AvgIpc) is 2.83. The van der Waals surface area contributed by atoms with Crippen molar-refractivity contribution < 1.29 is 19.4 Å². The SMILES string of the molecule is CC1(C)OC(=O)C(C2(N3CCCC3)[C@@H]3CCCC[C@@H]32)=C(O)O1. The lowest BCUT2D eigenvalue weighted by atomic mass is 9.98. The van der Waals surface area contributed by atoms with Crippen molar-refractivity contribution >= 4 is 5.97 Å². The smallest absolute Gasteiger partial charge is 0.346 e. The zero-order valence-electron chi connectivity index (χ0n) is 13.4. The summed E-state index contributed by atoms with van der Waals surface area (Å²) < 4.78 is 11.0. The predicted octanol–water partition coefficient (Wildman–Crippen LogP) is 2.72. The summed E-state index contributed by atoms with van der Waals surface area (Å²) in [6.45, 7) is 5.31. The summed E-state index contributed by atoms with van der Waals surface area (Å²) in [5, 5.41) is 10.5. The second-order valence-electron chi connectivity index (χ2n) is 7.59. The number of aliphatic hydroxyl groups is 1. The Morgan fingerprint density at radius 2 is 1.64 bits per heavy atom. The van der Waals surface area contributed by atoms with Crippen molar-refractivity contribution in [1.82, 2.24) is 4.90 Å². The molecular weight excluding hydrogens is 282 g/mol. The molecule has 0 aromatic rings. The summed E-state index contributed by atoms with van der Waals surface area (Å²) in [5.74, 6) is -0.753. The van der Waals surface area contributed by atoms with Gasteiger partial charge in [0.05, 0.1) is 5.54 Å². The largest absolute Gasteiger partial charge is 0.480 e. The van der Waals surface area contributed by atoms with Crippen molar-refractivity contribution in [2.24, 2.45) is 11.8 Å². The fourth-order valence-electron chi connectivity index (χ4n) is 5.18. The minimum absolute atomic E-state index is 0.206. The van der Waals surface area contributed by atoms with Gasteiger partial charge in [0.25, 0.3) is 11.7 Å². The number of esters is 1. The van der Waals surface area contributed by atoms with Crippen LogP contribution in [0.15, 0.2) is 11.5 Å². The van der Waals surface area contributed by atoms with E-state index in [1.165, 1.54) is 12.8 Å². The second-order valence-corrected chi connectivity index (χ2v) is 7.59. The Hall–Kier alpha value is -1.23. The van der Waals surface area contributed by atoms with Gasteiger partial charge in [-0.25, -0.2) is 4.79 Å². The molecule has 2 heterocycles. The Morgan fingerprint density at radius 1 is 1.05 bits per heavy atom. The second kappa shape index (κ2) is 4.63. The van der Waals surface area contributed by atoms with Gasteiger partial charge in [-0.3, -0.25) is 4.90 Å². The van der Waals surface area contributed by atoms with Crippen LogP contribution in [0.25, 0.3) is 0 Å². The van der Waals surface area contributed by atoms with E-state index in [4.69, 9.17) is 9.47 Å². The lowest BCUT2D eigenvalue weighted by molar-refractivity contribution is -0.224. The average molecular weight is 307 g/mol. The third-order valence-corrected chi connectivity index (χ3v) is 5.92. The van der Waals surface area contributed by atoms with Crippen LogP contribution in [0.4, 0.5) is 0 Å². The number of rotatable bonds is 2. The Labute approximate surface area is 131 Å². The van der Waals surface area contributed by atoms with Gasteiger partial charge in [-0.2, -0.15) is 0 Å². The number of nitrogens with zero attached hydrogens (tertiary/aromatic N) is 1. The maximum atomic E-state index is 12.7. The standard InChI is InChI=1S/C17H25NO4/c1-16(2)21-14(19)13(15(20)22-16)17(18-9-5-6-10-18)11-7-3-4-8-12(11)17/h11-12,19H,3-10H2,1-2H3/t11-,12+,17?. The zero-order chi connectivity index (χ0) is 15.5. The number of aliphatic hydroxyl groups excluding tert-OH is 1. The molecule has 1 N–H and O–H groups in total. The number of hydrogen-bond donors (Lipinski definition) is 1. The minimum atomic E-state index is -1.09. The van der Waals surface area contributed by atoms with Crippen molar-refractivity contribution in [3.8, 4) is 0 Å². The Bertz CT molecular complexity index is 521. The zero-order valence-corrected chi connectivity index (χ0v) is 13.4. The number of likely N-dealkylation sites (tertiary alicyclic amines) is 1. The number of cyclic esters (lactones) is 1. The van der Waals surface area contributed by atoms with Crippen LogP contribution in [-0.2, 0) is 14.3 Å². The number of carbonyl (C=O) groups is 1. The van der Waals surface area contributed by atoms with Gasteiger partial charge in [-0.1, -0.05) is 12.8 Å². The van der Waals surface area contributed by atoms with Crippen molar-refractivity contribution in [2.45, 2.75) is 63.7 Å². The normalized spacial score (nSPS) is 40.9. The lowest BCUT2D eigenvalue weighted by Crippen LogP contribution is -2.48. The molecule has 3 atom stereocenters. The molecule has 2 aliphatic heterocycles. The minimum Gasteiger partial charge on any atom is -0.480 e. The number of hydrogen-bond acceptors (Lipinski definition) is 5. The molecule has 0 aromatic heterocycles. The van der Waals surface area contributed by atoms with Crippen LogP contribution in [0.1, 0.15) is 52.4 Å². The highest BCUT2D eigenvalue weighted by molar-refractivity contribution is 5.93. The monoisotopic (exact) mass is 307 g/mol. The molecule has 3 fully saturated rings. The van der Waals surface area contributed by atoms with Crippen LogP contribution in [0.2, 0.25) is 0 Å². The van der Waals surface area contributed by atoms with Crippen LogP contribution >= 0.6 is 0 Å². The van der Waals surface area contributed by atoms with Crippen molar-refractivity contribution in [2.75, 3.05) is 13.1 Å². The molecule has 122 valence electrons. The van der Waals surface area contributed by atoms with E-state index < -0.39 is 11.8 Å². The molecule has 0 bridgehead atoms. The van der Waals surface area contributed by atoms with Gasteiger partial charge < -0.3 is 14.6 Å². The van der Waals surface area contributed by atoms with E-state index in [0.29, 0.717) is 17.4 Å². The molecule has 2 saturated carbocycles. The highest BCUT2D eigenvalue weighted by Gasteiger charge is 2.72. The topological polar surface area (TPSA) is 59.0 Å². The molecule has 4 aliphatic rings. The molecule has 2 aliphatic carbocycles. The Kier molecular flexibility index (Phi) is 3.03. The van der Waals surface area contributed by atoms with E-state index in [1.807, 2.05) is 0 Å². The van der Waals surface area contributed by atoms with E-state index in [9.17, 15) is 9.90 Å². The molecule has 0 spiro atoms. The maximum absolute atomic E-state index is 12.7. The first-order chi connectivity index (χ1) is 10.5. The van der Waals surface area contributed by atoms with Crippen LogP contribution in [0, 0.1) is 11.8 Å². The molecule has 1 saturated heterocycles. The summed E-state index contributed by atoms with van der Waals surface area (Å²) >= 11 is 0. The lowest BCUT2D eigenvalue weighted by Gasteiger charge is -2.37. The van der Waals surface area contributed by atoms with Crippen LogP contribution in [0.5, 0.6) is 0 Å². The molecule has 5 nitrogen and oxygen atoms in total. The van der Waals surface area contributed by atoms with Gasteiger partial charge >= 0.3 is 5.97 Å². The highest BCUT2D eigenvalue weighted by atomic mass is 16.8. The summed E-state index contributed by atoms with van der Waals surface area (Å²) in [5.41, 5.74) is 0.0654. The quantitative estimate of drug-likeness (QED) is 0.795. The van der Waals surface area contributed by atoms with E-state index >= 15 is 0 Å². The first-order valence-corrected chi connectivity index (χ1v) is 8.58.